The van der Waals surface area contributed by atoms with Gasteiger partial charge in [0.15, 0.2) is 0 Å². The predicted octanol–water partition coefficient (Wildman–Crippen LogP) is 4.39. The number of anilines is 1. The molecule has 0 fully saturated rings. The van der Waals surface area contributed by atoms with Gasteiger partial charge in [0.2, 0.25) is 0 Å². The number of ether oxygens (including phenoxy) is 1. The minimum atomic E-state index is -0.426. The van der Waals surface area contributed by atoms with Gasteiger partial charge in [-0.3, -0.25) is 4.79 Å². The van der Waals surface area contributed by atoms with Crippen LogP contribution in [0, 0.1) is 6.92 Å². The smallest absolute Gasteiger partial charge is 0.337 e. The number of aromatic nitrogens is 1. The van der Waals surface area contributed by atoms with Crippen molar-refractivity contribution in [2.75, 3.05) is 12.4 Å². The van der Waals surface area contributed by atoms with E-state index in [9.17, 15) is 9.59 Å². The Labute approximate surface area is 157 Å². The normalized spacial score (nSPS) is 13.3. The number of amides is 1. The van der Waals surface area contributed by atoms with Crippen molar-refractivity contribution >= 4 is 28.5 Å². The molecule has 5 nitrogen and oxygen atoms in total. The number of aryl methyl sites for hydroxylation is 3. The van der Waals surface area contributed by atoms with E-state index in [2.05, 4.69) is 16.4 Å². The molecule has 4 rings (SSSR count). The summed E-state index contributed by atoms with van der Waals surface area (Å²) in [6.07, 6.45) is 4.46. The second kappa shape index (κ2) is 6.91. The van der Waals surface area contributed by atoms with Gasteiger partial charge in [-0.05, 0) is 61.9 Å². The lowest BCUT2D eigenvalue weighted by Gasteiger charge is -2.11. The first-order chi connectivity index (χ1) is 13.1. The molecule has 1 aromatic heterocycles. The Balaban J connectivity index is 1.70. The molecule has 5 heteroatoms. The fraction of sp³-hybridized carbons (Fsp3) is 0.273. The average Bonchev–Trinajstić information content (AvgIpc) is 3.07. The third-order valence-corrected chi connectivity index (χ3v) is 5.28. The zero-order valence-corrected chi connectivity index (χ0v) is 15.5. The SMILES string of the molecule is COC(=O)c1ccc(C)c(NC(=O)c2cccc3c4c([nH]c23)CCCC4)c1. The van der Waals surface area contributed by atoms with Crippen LogP contribution in [0.25, 0.3) is 10.9 Å². The number of esters is 1. The maximum absolute atomic E-state index is 13.0. The van der Waals surface area contributed by atoms with E-state index in [0.717, 1.165) is 29.3 Å². The first kappa shape index (κ1) is 17.3. The molecule has 2 aromatic carbocycles. The van der Waals surface area contributed by atoms with Crippen molar-refractivity contribution in [1.82, 2.24) is 4.98 Å². The van der Waals surface area contributed by atoms with Crippen molar-refractivity contribution in [2.24, 2.45) is 0 Å². The van der Waals surface area contributed by atoms with Crippen LogP contribution in [-0.4, -0.2) is 24.0 Å². The summed E-state index contributed by atoms with van der Waals surface area (Å²) in [7, 11) is 1.34. The highest BCUT2D eigenvalue weighted by atomic mass is 16.5. The fourth-order valence-electron chi connectivity index (χ4n) is 3.81. The highest BCUT2D eigenvalue weighted by Gasteiger charge is 2.20. The molecule has 0 saturated heterocycles. The van der Waals surface area contributed by atoms with Gasteiger partial charge < -0.3 is 15.0 Å². The topological polar surface area (TPSA) is 71.2 Å². The molecular formula is C22H22N2O3. The molecule has 0 unspecified atom stereocenters. The zero-order chi connectivity index (χ0) is 19.0. The maximum atomic E-state index is 13.0. The molecule has 2 N–H and O–H groups in total. The fourth-order valence-corrected chi connectivity index (χ4v) is 3.81. The lowest BCUT2D eigenvalue weighted by molar-refractivity contribution is 0.0600. The molecule has 1 amide bonds. The molecule has 138 valence electrons. The van der Waals surface area contributed by atoms with Crippen molar-refractivity contribution in [1.29, 1.82) is 0 Å². The van der Waals surface area contributed by atoms with Crippen molar-refractivity contribution in [3.8, 4) is 0 Å². The van der Waals surface area contributed by atoms with Crippen LogP contribution in [0.2, 0.25) is 0 Å². The summed E-state index contributed by atoms with van der Waals surface area (Å²) >= 11 is 0. The van der Waals surface area contributed by atoms with E-state index in [1.165, 1.54) is 31.2 Å². The molecule has 0 bridgehead atoms. The second-order valence-electron chi connectivity index (χ2n) is 6.99. The zero-order valence-electron chi connectivity index (χ0n) is 15.5. The van der Waals surface area contributed by atoms with Crippen LogP contribution in [0.5, 0.6) is 0 Å². The third-order valence-electron chi connectivity index (χ3n) is 5.28. The quantitative estimate of drug-likeness (QED) is 0.679. The van der Waals surface area contributed by atoms with E-state index in [1.807, 2.05) is 19.1 Å². The molecule has 0 radical (unpaired) electrons. The average molecular weight is 362 g/mol. The van der Waals surface area contributed by atoms with Gasteiger partial charge in [0.25, 0.3) is 5.91 Å². The van der Waals surface area contributed by atoms with Gasteiger partial charge >= 0.3 is 5.97 Å². The largest absolute Gasteiger partial charge is 0.465 e. The third kappa shape index (κ3) is 3.10. The van der Waals surface area contributed by atoms with E-state index in [0.29, 0.717) is 16.8 Å². The number of benzene rings is 2. The molecule has 0 aliphatic heterocycles. The number of para-hydroxylation sites is 1. The summed E-state index contributed by atoms with van der Waals surface area (Å²) in [6, 6.07) is 11.0. The number of carbonyl (C=O) groups is 2. The predicted molar refractivity (Wildman–Crippen MR) is 105 cm³/mol. The van der Waals surface area contributed by atoms with Crippen LogP contribution >= 0.6 is 0 Å². The van der Waals surface area contributed by atoms with Crippen LogP contribution in [0.4, 0.5) is 5.69 Å². The Morgan fingerprint density at radius 2 is 1.93 bits per heavy atom. The molecule has 27 heavy (non-hydrogen) atoms. The number of hydrogen-bond donors (Lipinski definition) is 2. The van der Waals surface area contributed by atoms with E-state index >= 15 is 0 Å². The summed E-state index contributed by atoms with van der Waals surface area (Å²) in [5, 5.41) is 4.09. The Kier molecular flexibility index (Phi) is 4.44. The molecule has 1 aliphatic rings. The van der Waals surface area contributed by atoms with E-state index in [4.69, 9.17) is 4.74 Å². The number of nitrogens with one attached hydrogen (secondary N) is 2. The van der Waals surface area contributed by atoms with Crippen LogP contribution in [0.1, 0.15) is 50.4 Å². The van der Waals surface area contributed by atoms with Gasteiger partial charge in [-0.1, -0.05) is 18.2 Å². The monoisotopic (exact) mass is 362 g/mol. The second-order valence-corrected chi connectivity index (χ2v) is 6.99. The van der Waals surface area contributed by atoms with Crippen LogP contribution in [-0.2, 0) is 17.6 Å². The molecule has 0 spiro atoms. The number of methoxy groups -OCH3 is 1. The minimum Gasteiger partial charge on any atom is -0.465 e. The van der Waals surface area contributed by atoms with Crippen molar-refractivity contribution in [3.05, 3.63) is 64.3 Å². The van der Waals surface area contributed by atoms with E-state index in [1.54, 1.807) is 18.2 Å². The summed E-state index contributed by atoms with van der Waals surface area (Å²) in [5.74, 6) is -0.617. The van der Waals surface area contributed by atoms with Gasteiger partial charge in [0.05, 0.1) is 23.8 Å². The summed E-state index contributed by atoms with van der Waals surface area (Å²) in [5.41, 5.74) is 6.00. The Morgan fingerprint density at radius 1 is 1.11 bits per heavy atom. The van der Waals surface area contributed by atoms with Gasteiger partial charge in [-0.15, -0.1) is 0 Å². The van der Waals surface area contributed by atoms with Gasteiger partial charge in [0, 0.05) is 16.8 Å². The number of fused-ring (bicyclic) bond motifs is 3. The summed E-state index contributed by atoms with van der Waals surface area (Å²) < 4.78 is 4.77. The molecular weight excluding hydrogens is 340 g/mol. The van der Waals surface area contributed by atoms with Crippen LogP contribution in [0.15, 0.2) is 36.4 Å². The van der Waals surface area contributed by atoms with Crippen molar-refractivity contribution in [2.45, 2.75) is 32.6 Å². The lowest BCUT2D eigenvalue weighted by atomic mass is 9.95. The summed E-state index contributed by atoms with van der Waals surface area (Å²) in [4.78, 5) is 28.2. The highest BCUT2D eigenvalue weighted by molar-refractivity contribution is 6.13. The maximum Gasteiger partial charge on any atom is 0.337 e. The standard InChI is InChI=1S/C22H22N2O3/c1-13-10-11-14(22(26)27-2)12-19(13)24-21(25)17-8-5-7-16-15-6-3-4-9-18(15)23-20(16)17/h5,7-8,10-12,23H,3-4,6,9H2,1-2H3,(H,24,25). The Bertz CT molecular complexity index is 1050. The number of H-pyrrole nitrogens is 1. The van der Waals surface area contributed by atoms with E-state index in [-0.39, 0.29) is 5.91 Å². The minimum absolute atomic E-state index is 0.190. The van der Waals surface area contributed by atoms with Gasteiger partial charge in [-0.25, -0.2) is 4.79 Å². The Hall–Kier alpha value is -3.08. The van der Waals surface area contributed by atoms with E-state index < -0.39 is 5.97 Å². The summed E-state index contributed by atoms with van der Waals surface area (Å²) in [6.45, 7) is 1.89. The number of carbonyl (C=O) groups excluding carboxylic acids is 2. The first-order valence-corrected chi connectivity index (χ1v) is 9.21. The van der Waals surface area contributed by atoms with Gasteiger partial charge in [-0.2, -0.15) is 0 Å². The van der Waals surface area contributed by atoms with Crippen LogP contribution in [0.3, 0.4) is 0 Å². The molecule has 0 atom stereocenters. The Morgan fingerprint density at radius 3 is 2.74 bits per heavy atom. The molecule has 0 saturated carbocycles. The number of hydrogen-bond acceptors (Lipinski definition) is 3. The van der Waals surface area contributed by atoms with Crippen LogP contribution < -0.4 is 5.32 Å². The lowest BCUT2D eigenvalue weighted by Crippen LogP contribution is -2.14. The van der Waals surface area contributed by atoms with Crippen molar-refractivity contribution < 1.29 is 14.3 Å². The highest BCUT2D eigenvalue weighted by Crippen LogP contribution is 2.31. The molecule has 1 aliphatic carbocycles. The number of aromatic amines is 1. The van der Waals surface area contributed by atoms with Crippen molar-refractivity contribution in [3.63, 3.8) is 0 Å². The molecule has 3 aromatic rings. The molecule has 1 heterocycles. The van der Waals surface area contributed by atoms with Gasteiger partial charge in [0.1, 0.15) is 0 Å². The number of rotatable bonds is 3. The first-order valence-electron chi connectivity index (χ1n) is 9.21.